The molecular weight excluding hydrogens is 212 g/mol. The molecule has 1 aliphatic heterocycles. The fourth-order valence-corrected chi connectivity index (χ4v) is 2.07. The minimum Gasteiger partial charge on any atom is -0.334 e. The quantitative estimate of drug-likeness (QED) is 0.807. The van der Waals surface area contributed by atoms with Gasteiger partial charge in [-0.1, -0.05) is 30.3 Å². The van der Waals surface area contributed by atoms with Gasteiger partial charge in [0.1, 0.15) is 0 Å². The zero-order valence-corrected chi connectivity index (χ0v) is 9.26. The maximum absolute atomic E-state index is 11.7. The molecule has 0 aliphatic carbocycles. The van der Waals surface area contributed by atoms with E-state index in [1.807, 2.05) is 54.6 Å². The van der Waals surface area contributed by atoms with Crippen LogP contribution < -0.4 is 10.2 Å². The topological polar surface area (TPSA) is 32.3 Å². The lowest BCUT2D eigenvalue weighted by molar-refractivity contribution is 0.0949. The number of benzene rings is 2. The van der Waals surface area contributed by atoms with Crippen molar-refractivity contribution in [3.05, 3.63) is 60.2 Å². The molecule has 1 N–H and O–H groups in total. The van der Waals surface area contributed by atoms with Crippen LogP contribution in [0.15, 0.2) is 54.6 Å². The molecule has 0 spiro atoms. The molecule has 1 heterocycles. The summed E-state index contributed by atoms with van der Waals surface area (Å²) in [5, 5.41) is 2.87. The van der Waals surface area contributed by atoms with Gasteiger partial charge in [0, 0.05) is 5.69 Å². The Bertz CT molecular complexity index is 551. The molecule has 3 heteroatoms. The molecular formula is C14H12N2O. The molecule has 17 heavy (non-hydrogen) atoms. The van der Waals surface area contributed by atoms with Crippen LogP contribution in [0.3, 0.4) is 0 Å². The van der Waals surface area contributed by atoms with Gasteiger partial charge in [0.15, 0.2) is 0 Å². The molecule has 0 bridgehead atoms. The van der Waals surface area contributed by atoms with Crippen molar-refractivity contribution in [1.29, 1.82) is 0 Å². The number of rotatable bonds is 1. The van der Waals surface area contributed by atoms with Crippen molar-refractivity contribution >= 4 is 17.3 Å². The van der Waals surface area contributed by atoms with E-state index in [1.165, 1.54) is 0 Å². The number of carbonyl (C=O) groups excluding carboxylic acids is 1. The SMILES string of the molecule is O=C1NCN(c2ccccc2)c2ccccc21. The average molecular weight is 224 g/mol. The van der Waals surface area contributed by atoms with E-state index in [0.717, 1.165) is 16.9 Å². The van der Waals surface area contributed by atoms with Crippen LogP contribution in [0.5, 0.6) is 0 Å². The Morgan fingerprint density at radius 1 is 0.941 bits per heavy atom. The maximum Gasteiger partial charge on any atom is 0.254 e. The summed E-state index contributed by atoms with van der Waals surface area (Å²) in [5.41, 5.74) is 2.77. The third-order valence-corrected chi connectivity index (χ3v) is 2.91. The number of para-hydroxylation sites is 2. The van der Waals surface area contributed by atoms with Crippen molar-refractivity contribution in [2.24, 2.45) is 0 Å². The minimum absolute atomic E-state index is 0.00668. The highest BCUT2D eigenvalue weighted by Crippen LogP contribution is 2.29. The number of carbonyl (C=O) groups is 1. The van der Waals surface area contributed by atoms with Crippen LogP contribution in [0.1, 0.15) is 10.4 Å². The van der Waals surface area contributed by atoms with E-state index in [4.69, 9.17) is 0 Å². The van der Waals surface area contributed by atoms with Gasteiger partial charge < -0.3 is 10.2 Å². The second-order valence-corrected chi connectivity index (χ2v) is 3.94. The van der Waals surface area contributed by atoms with E-state index in [9.17, 15) is 4.79 Å². The van der Waals surface area contributed by atoms with Crippen molar-refractivity contribution in [3.63, 3.8) is 0 Å². The monoisotopic (exact) mass is 224 g/mol. The standard InChI is InChI=1S/C14H12N2O/c17-14-12-8-4-5-9-13(12)16(10-15-14)11-6-2-1-3-7-11/h1-9H,10H2,(H,15,17). The number of nitrogens with zero attached hydrogens (tertiary/aromatic N) is 1. The second-order valence-electron chi connectivity index (χ2n) is 3.94. The van der Waals surface area contributed by atoms with E-state index in [-0.39, 0.29) is 5.91 Å². The lowest BCUT2D eigenvalue weighted by Gasteiger charge is -2.31. The summed E-state index contributed by atoms with van der Waals surface area (Å²) in [4.78, 5) is 13.8. The molecule has 0 unspecified atom stereocenters. The van der Waals surface area contributed by atoms with Crippen molar-refractivity contribution in [2.75, 3.05) is 11.6 Å². The number of amides is 1. The molecule has 0 fully saturated rings. The molecule has 1 amide bonds. The molecule has 84 valence electrons. The Morgan fingerprint density at radius 2 is 1.65 bits per heavy atom. The summed E-state index contributed by atoms with van der Waals surface area (Å²) < 4.78 is 0. The summed E-state index contributed by atoms with van der Waals surface area (Å²) >= 11 is 0. The van der Waals surface area contributed by atoms with E-state index in [0.29, 0.717) is 6.67 Å². The summed E-state index contributed by atoms with van der Waals surface area (Å²) in [7, 11) is 0. The van der Waals surface area contributed by atoms with Crippen molar-refractivity contribution in [2.45, 2.75) is 0 Å². The zero-order chi connectivity index (χ0) is 11.7. The molecule has 0 radical (unpaired) electrons. The van der Waals surface area contributed by atoms with Gasteiger partial charge >= 0.3 is 0 Å². The van der Waals surface area contributed by atoms with E-state index in [2.05, 4.69) is 10.2 Å². The highest BCUT2D eigenvalue weighted by atomic mass is 16.2. The summed E-state index contributed by atoms with van der Waals surface area (Å²) in [6.07, 6.45) is 0. The van der Waals surface area contributed by atoms with Crippen LogP contribution in [0.2, 0.25) is 0 Å². The number of fused-ring (bicyclic) bond motifs is 1. The first-order valence-corrected chi connectivity index (χ1v) is 5.56. The fraction of sp³-hybridized carbons (Fsp3) is 0.0714. The van der Waals surface area contributed by atoms with Gasteiger partial charge in [-0.3, -0.25) is 4.79 Å². The van der Waals surface area contributed by atoms with E-state index >= 15 is 0 Å². The predicted octanol–water partition coefficient (Wildman–Crippen LogP) is 2.53. The van der Waals surface area contributed by atoms with Gasteiger partial charge in [0.25, 0.3) is 5.91 Å². The first kappa shape index (κ1) is 9.90. The number of nitrogens with one attached hydrogen (secondary N) is 1. The normalized spacial score (nSPS) is 14.1. The highest BCUT2D eigenvalue weighted by Gasteiger charge is 2.22. The summed E-state index contributed by atoms with van der Waals surface area (Å²) in [6, 6.07) is 17.7. The van der Waals surface area contributed by atoms with Gasteiger partial charge in [-0.2, -0.15) is 0 Å². The van der Waals surface area contributed by atoms with Crippen molar-refractivity contribution in [1.82, 2.24) is 5.32 Å². The number of hydrogen-bond donors (Lipinski definition) is 1. The first-order valence-electron chi connectivity index (χ1n) is 5.56. The lowest BCUT2D eigenvalue weighted by Crippen LogP contribution is -2.40. The Labute approximate surface area is 99.7 Å². The molecule has 0 saturated carbocycles. The highest BCUT2D eigenvalue weighted by molar-refractivity contribution is 6.02. The fourth-order valence-electron chi connectivity index (χ4n) is 2.07. The van der Waals surface area contributed by atoms with Crippen molar-refractivity contribution < 1.29 is 4.79 Å². The van der Waals surface area contributed by atoms with E-state index in [1.54, 1.807) is 0 Å². The van der Waals surface area contributed by atoms with Crippen LogP contribution in [-0.4, -0.2) is 12.6 Å². The van der Waals surface area contributed by atoms with Gasteiger partial charge in [0.05, 0.1) is 17.9 Å². The minimum atomic E-state index is -0.00668. The molecule has 1 aliphatic rings. The smallest absolute Gasteiger partial charge is 0.254 e. The number of hydrogen-bond acceptors (Lipinski definition) is 2. The summed E-state index contributed by atoms with van der Waals surface area (Å²) in [5.74, 6) is -0.00668. The third kappa shape index (κ3) is 1.65. The van der Waals surface area contributed by atoms with Crippen molar-refractivity contribution in [3.8, 4) is 0 Å². The molecule has 3 nitrogen and oxygen atoms in total. The van der Waals surface area contributed by atoms with Gasteiger partial charge in [-0.25, -0.2) is 0 Å². The average Bonchev–Trinajstić information content (AvgIpc) is 2.41. The molecule has 2 aromatic carbocycles. The number of anilines is 2. The maximum atomic E-state index is 11.7. The van der Waals surface area contributed by atoms with Gasteiger partial charge in [0.2, 0.25) is 0 Å². The first-order chi connectivity index (χ1) is 8.36. The molecule has 3 rings (SSSR count). The molecule has 0 aromatic heterocycles. The molecule has 0 atom stereocenters. The molecule has 0 saturated heterocycles. The van der Waals surface area contributed by atoms with Crippen LogP contribution in [0.25, 0.3) is 0 Å². The Hall–Kier alpha value is -2.29. The zero-order valence-electron chi connectivity index (χ0n) is 9.26. The van der Waals surface area contributed by atoms with Crippen LogP contribution in [0.4, 0.5) is 11.4 Å². The second kappa shape index (κ2) is 3.94. The molecule has 2 aromatic rings. The van der Waals surface area contributed by atoms with Crippen LogP contribution >= 0.6 is 0 Å². The van der Waals surface area contributed by atoms with Crippen LogP contribution in [0, 0.1) is 0 Å². The lowest BCUT2D eigenvalue weighted by atomic mass is 10.1. The Kier molecular flexibility index (Phi) is 2.29. The predicted molar refractivity (Wildman–Crippen MR) is 67.4 cm³/mol. The largest absolute Gasteiger partial charge is 0.334 e. The van der Waals surface area contributed by atoms with Gasteiger partial charge in [-0.05, 0) is 24.3 Å². The summed E-state index contributed by atoms with van der Waals surface area (Å²) in [6.45, 7) is 0.514. The Balaban J connectivity index is 2.10. The van der Waals surface area contributed by atoms with Gasteiger partial charge in [-0.15, -0.1) is 0 Å². The van der Waals surface area contributed by atoms with Crippen LogP contribution in [-0.2, 0) is 0 Å². The van der Waals surface area contributed by atoms with E-state index < -0.39 is 0 Å². The third-order valence-electron chi connectivity index (χ3n) is 2.91. The Morgan fingerprint density at radius 3 is 2.47 bits per heavy atom.